The molecule has 0 aromatic carbocycles. The Kier molecular flexibility index (Phi) is 3.52. The van der Waals surface area contributed by atoms with Crippen LogP contribution < -0.4 is 11.2 Å². The van der Waals surface area contributed by atoms with Gasteiger partial charge in [0.2, 0.25) is 0 Å². The smallest absolute Gasteiger partial charge is 0.332 e. The number of nitrogens with zero attached hydrogens (tertiary/aromatic N) is 3. The molecule has 0 amide bonds. The van der Waals surface area contributed by atoms with Crippen molar-refractivity contribution in [3.05, 3.63) is 25.7 Å². The van der Waals surface area contributed by atoms with E-state index in [0.717, 1.165) is 16.1 Å². The monoisotopic (exact) mass is 283 g/mol. The van der Waals surface area contributed by atoms with Gasteiger partial charge in [0, 0.05) is 14.1 Å². The number of fused-ring (bicyclic) bond motifs is 1. The van der Waals surface area contributed by atoms with Crippen LogP contribution in [0.2, 0.25) is 0 Å². The molecule has 2 aromatic heterocycles. The molecule has 0 saturated heterocycles. The highest BCUT2D eigenvalue weighted by Gasteiger charge is 2.18. The van der Waals surface area contributed by atoms with Gasteiger partial charge >= 0.3 is 11.7 Å². The highest BCUT2D eigenvalue weighted by atomic mass is 32.1. The number of hydrogen-bond donors (Lipinski definition) is 0. The van der Waals surface area contributed by atoms with Gasteiger partial charge in [0.25, 0.3) is 5.56 Å². The highest BCUT2D eigenvalue weighted by molar-refractivity contribution is 7.07. The summed E-state index contributed by atoms with van der Waals surface area (Å²) < 4.78 is 11.2. The first kappa shape index (κ1) is 13.5. The zero-order valence-corrected chi connectivity index (χ0v) is 11.6. The number of carbonyl (C=O) groups is 1. The van der Waals surface area contributed by atoms with E-state index in [4.69, 9.17) is 4.74 Å². The predicted molar refractivity (Wildman–Crippen MR) is 70.4 cm³/mol. The van der Waals surface area contributed by atoms with Gasteiger partial charge in [-0.2, -0.15) is 4.37 Å². The zero-order valence-electron chi connectivity index (χ0n) is 10.8. The number of aromatic nitrogens is 3. The average Bonchev–Trinajstić information content (AvgIpc) is 2.78. The third kappa shape index (κ3) is 2.19. The second-order valence-corrected chi connectivity index (χ2v) is 4.85. The van der Waals surface area contributed by atoms with Gasteiger partial charge < -0.3 is 4.74 Å². The second-order valence-electron chi connectivity index (χ2n) is 3.99. The topological polar surface area (TPSA) is 83.2 Å². The van der Waals surface area contributed by atoms with E-state index in [2.05, 4.69) is 4.37 Å². The Morgan fingerprint density at radius 1 is 1.32 bits per heavy atom. The van der Waals surface area contributed by atoms with Crippen LogP contribution in [-0.4, -0.2) is 26.1 Å². The van der Waals surface area contributed by atoms with Crippen molar-refractivity contribution < 1.29 is 9.53 Å². The molecule has 0 N–H and O–H groups in total. The van der Waals surface area contributed by atoms with Gasteiger partial charge in [0.15, 0.2) is 5.65 Å². The standard InChI is InChI=1S/C11H13N3O4S/c1-4-18-7(15)5-6-8-9(12-19-6)13(2)11(17)14(3)10(8)16/h4-5H2,1-3H3. The van der Waals surface area contributed by atoms with Crippen LogP contribution in [0.5, 0.6) is 0 Å². The second kappa shape index (κ2) is 4.96. The van der Waals surface area contributed by atoms with E-state index in [1.807, 2.05) is 0 Å². The lowest BCUT2D eigenvalue weighted by atomic mass is 10.2. The van der Waals surface area contributed by atoms with E-state index in [-0.39, 0.29) is 13.0 Å². The van der Waals surface area contributed by atoms with Crippen LogP contribution in [0.4, 0.5) is 0 Å². The summed E-state index contributed by atoms with van der Waals surface area (Å²) in [5, 5.41) is 0.308. The highest BCUT2D eigenvalue weighted by Crippen LogP contribution is 2.18. The molecule has 19 heavy (non-hydrogen) atoms. The molecule has 0 aliphatic heterocycles. The van der Waals surface area contributed by atoms with Crippen molar-refractivity contribution in [1.82, 2.24) is 13.5 Å². The summed E-state index contributed by atoms with van der Waals surface area (Å²) in [5.41, 5.74) is -0.575. The van der Waals surface area contributed by atoms with Gasteiger partial charge in [-0.15, -0.1) is 0 Å². The Hall–Kier alpha value is -1.96. The van der Waals surface area contributed by atoms with E-state index >= 15 is 0 Å². The van der Waals surface area contributed by atoms with Crippen molar-refractivity contribution in [3.8, 4) is 0 Å². The summed E-state index contributed by atoms with van der Waals surface area (Å²) in [6.07, 6.45) is -0.0115. The van der Waals surface area contributed by atoms with Crippen LogP contribution in [0.1, 0.15) is 11.8 Å². The van der Waals surface area contributed by atoms with Crippen LogP contribution in [-0.2, 0) is 30.0 Å². The van der Waals surface area contributed by atoms with Crippen LogP contribution in [0.25, 0.3) is 11.0 Å². The maximum atomic E-state index is 12.1. The molecule has 102 valence electrons. The molecule has 0 atom stereocenters. The van der Waals surface area contributed by atoms with Crippen LogP contribution in [0, 0.1) is 0 Å². The molecule has 0 fully saturated rings. The molecule has 0 saturated carbocycles. The molecule has 2 heterocycles. The fraction of sp³-hybridized carbons (Fsp3) is 0.455. The maximum Gasteiger partial charge on any atom is 0.332 e. The largest absolute Gasteiger partial charge is 0.466 e. The van der Waals surface area contributed by atoms with Crippen molar-refractivity contribution >= 4 is 28.5 Å². The number of aryl methyl sites for hydroxylation is 1. The Morgan fingerprint density at radius 3 is 2.63 bits per heavy atom. The molecule has 0 bridgehead atoms. The predicted octanol–water partition coefficient (Wildman–Crippen LogP) is -0.201. The molecule has 0 aliphatic carbocycles. The summed E-state index contributed by atoms with van der Waals surface area (Å²) in [7, 11) is 2.94. The molecule has 2 aromatic rings. The van der Waals surface area contributed by atoms with Gasteiger partial charge in [-0.25, -0.2) is 4.79 Å². The fourth-order valence-electron chi connectivity index (χ4n) is 1.79. The third-order valence-electron chi connectivity index (χ3n) is 2.77. The number of esters is 1. The molecule has 0 aliphatic rings. The van der Waals surface area contributed by atoms with Crippen molar-refractivity contribution in [3.63, 3.8) is 0 Å². The quantitative estimate of drug-likeness (QED) is 0.728. The van der Waals surface area contributed by atoms with E-state index in [9.17, 15) is 14.4 Å². The van der Waals surface area contributed by atoms with Crippen molar-refractivity contribution in [2.75, 3.05) is 6.61 Å². The minimum absolute atomic E-state index is 0.0115. The Balaban J connectivity index is 2.64. The molecule has 0 radical (unpaired) electrons. The van der Waals surface area contributed by atoms with E-state index in [1.165, 1.54) is 18.7 Å². The SMILES string of the molecule is CCOC(=O)Cc1snc2c1c(=O)n(C)c(=O)n2C. The zero-order chi connectivity index (χ0) is 14.2. The average molecular weight is 283 g/mol. The Bertz CT molecular complexity index is 756. The van der Waals surface area contributed by atoms with E-state index < -0.39 is 17.2 Å². The Morgan fingerprint density at radius 2 is 2.00 bits per heavy atom. The van der Waals surface area contributed by atoms with Crippen LogP contribution in [0.3, 0.4) is 0 Å². The molecule has 8 heteroatoms. The van der Waals surface area contributed by atoms with Crippen molar-refractivity contribution in [1.29, 1.82) is 0 Å². The molecule has 0 spiro atoms. The minimum Gasteiger partial charge on any atom is -0.466 e. The number of carbonyl (C=O) groups excluding carboxylic acids is 1. The Labute approximate surface area is 112 Å². The van der Waals surface area contributed by atoms with Crippen LogP contribution in [0.15, 0.2) is 9.59 Å². The van der Waals surface area contributed by atoms with Gasteiger partial charge in [0.05, 0.1) is 23.3 Å². The summed E-state index contributed by atoms with van der Waals surface area (Å²) >= 11 is 1.04. The maximum absolute atomic E-state index is 12.1. The van der Waals surface area contributed by atoms with Crippen LogP contribution >= 0.6 is 11.5 Å². The van der Waals surface area contributed by atoms with Gasteiger partial charge in [0.1, 0.15) is 0 Å². The third-order valence-corrected chi connectivity index (χ3v) is 3.60. The van der Waals surface area contributed by atoms with Crippen molar-refractivity contribution in [2.24, 2.45) is 14.1 Å². The first-order chi connectivity index (χ1) is 8.97. The summed E-state index contributed by atoms with van der Waals surface area (Å²) in [4.78, 5) is 35.8. The molecular weight excluding hydrogens is 270 g/mol. The lowest BCUT2D eigenvalue weighted by Crippen LogP contribution is -2.37. The summed E-state index contributed by atoms with van der Waals surface area (Å²) in [5.74, 6) is -0.413. The summed E-state index contributed by atoms with van der Waals surface area (Å²) in [6.45, 7) is 2.00. The van der Waals surface area contributed by atoms with Gasteiger partial charge in [-0.05, 0) is 18.5 Å². The fourth-order valence-corrected chi connectivity index (χ4v) is 2.65. The normalized spacial score (nSPS) is 10.9. The number of ether oxygens (including phenoxy) is 1. The van der Waals surface area contributed by atoms with E-state index in [1.54, 1.807) is 6.92 Å². The summed E-state index contributed by atoms with van der Waals surface area (Å²) in [6, 6.07) is 0. The lowest BCUT2D eigenvalue weighted by molar-refractivity contribution is -0.142. The van der Waals surface area contributed by atoms with Gasteiger partial charge in [-0.1, -0.05) is 0 Å². The lowest BCUT2D eigenvalue weighted by Gasteiger charge is -2.03. The molecule has 7 nitrogen and oxygen atoms in total. The van der Waals surface area contributed by atoms with E-state index in [0.29, 0.717) is 15.9 Å². The molecular formula is C11H13N3O4S. The minimum atomic E-state index is -0.439. The first-order valence-corrected chi connectivity index (χ1v) is 6.44. The number of rotatable bonds is 3. The number of hydrogen-bond acceptors (Lipinski definition) is 6. The van der Waals surface area contributed by atoms with Gasteiger partial charge in [-0.3, -0.25) is 18.7 Å². The first-order valence-electron chi connectivity index (χ1n) is 5.67. The van der Waals surface area contributed by atoms with Crippen molar-refractivity contribution in [2.45, 2.75) is 13.3 Å². The molecule has 0 unspecified atom stereocenters. The molecule has 2 rings (SSSR count).